The van der Waals surface area contributed by atoms with Crippen molar-refractivity contribution in [1.82, 2.24) is 4.98 Å². The Kier molecular flexibility index (Phi) is 4.08. The van der Waals surface area contributed by atoms with E-state index < -0.39 is 0 Å². The number of aromatic nitrogens is 1. The van der Waals surface area contributed by atoms with Gasteiger partial charge in [-0.2, -0.15) is 0 Å². The maximum Gasteiger partial charge on any atom is 0.331 e. The van der Waals surface area contributed by atoms with Crippen LogP contribution in [-0.4, -0.2) is 18.4 Å². The third-order valence-corrected chi connectivity index (χ3v) is 3.84. The van der Waals surface area contributed by atoms with Gasteiger partial charge < -0.3 is 4.76 Å². The highest BCUT2D eigenvalue weighted by molar-refractivity contribution is 9.10. The summed E-state index contributed by atoms with van der Waals surface area (Å²) in [5, 5.41) is 1.93. The summed E-state index contributed by atoms with van der Waals surface area (Å²) in [6.45, 7) is 3.11. The number of fused-ring (bicyclic) bond motifs is 1. The Bertz CT molecular complexity index is 594. The van der Waals surface area contributed by atoms with E-state index in [0.717, 1.165) is 29.6 Å². The fourth-order valence-corrected chi connectivity index (χ4v) is 2.89. The van der Waals surface area contributed by atoms with Crippen molar-refractivity contribution < 1.29 is 4.76 Å². The molecule has 0 unspecified atom stereocenters. The maximum atomic E-state index is 6.04. The Hall–Kier alpha value is -1.33. The van der Waals surface area contributed by atoms with Crippen LogP contribution in [0, 0.1) is 0 Å². The lowest BCUT2D eigenvalue weighted by Gasteiger charge is -2.21. The van der Waals surface area contributed by atoms with E-state index in [1.54, 1.807) is 0 Å². The Balaban J connectivity index is 1.65. The van der Waals surface area contributed by atoms with Crippen molar-refractivity contribution in [3.63, 3.8) is 0 Å². The highest BCUT2D eigenvalue weighted by atomic mass is 79.9. The summed E-state index contributed by atoms with van der Waals surface area (Å²) in [7, 11) is 0. The zero-order valence-electron chi connectivity index (χ0n) is 11.4. The van der Waals surface area contributed by atoms with Crippen LogP contribution in [-0.2, 0) is 17.5 Å². The SMILES string of the molecule is CB(Cc1ccccc1)ON1CCc2cc(Br)cnc21. The van der Waals surface area contributed by atoms with Gasteiger partial charge in [0.2, 0.25) is 0 Å². The van der Waals surface area contributed by atoms with E-state index in [0.29, 0.717) is 0 Å². The van der Waals surface area contributed by atoms with Crippen LogP contribution in [0.15, 0.2) is 47.1 Å². The van der Waals surface area contributed by atoms with E-state index >= 15 is 0 Å². The number of halogens is 1. The Morgan fingerprint density at radius 2 is 2.15 bits per heavy atom. The smallest absolute Gasteiger partial charge is 0.331 e. The van der Waals surface area contributed by atoms with Crippen LogP contribution in [0.25, 0.3) is 0 Å². The zero-order chi connectivity index (χ0) is 13.9. The third kappa shape index (κ3) is 3.05. The third-order valence-electron chi connectivity index (χ3n) is 3.40. The summed E-state index contributed by atoms with van der Waals surface area (Å²) >= 11 is 3.46. The van der Waals surface area contributed by atoms with Gasteiger partial charge in [0.15, 0.2) is 5.82 Å². The number of rotatable bonds is 4. The molecule has 3 nitrogen and oxygen atoms in total. The summed E-state index contributed by atoms with van der Waals surface area (Å²) < 4.78 is 7.06. The topological polar surface area (TPSA) is 25.4 Å². The molecule has 0 radical (unpaired) electrons. The number of pyridine rings is 1. The van der Waals surface area contributed by atoms with Gasteiger partial charge in [-0.1, -0.05) is 42.7 Å². The Morgan fingerprint density at radius 3 is 2.95 bits per heavy atom. The van der Waals surface area contributed by atoms with E-state index in [1.165, 1.54) is 11.1 Å². The molecule has 2 aromatic rings. The standard InChI is InChI=1S/C15H16BBrN2O/c1-16(10-12-5-3-2-4-6-12)20-19-8-7-13-9-14(17)11-18-15(13)19/h2-6,9,11H,7-8,10H2,1H3. The van der Waals surface area contributed by atoms with Crippen molar-refractivity contribution >= 4 is 28.7 Å². The van der Waals surface area contributed by atoms with Gasteiger partial charge in [0.1, 0.15) is 0 Å². The molecule has 0 bridgehead atoms. The van der Waals surface area contributed by atoms with Crippen LogP contribution < -0.4 is 5.06 Å². The van der Waals surface area contributed by atoms with Gasteiger partial charge in [-0.05, 0) is 40.3 Å². The molecule has 0 fully saturated rings. The van der Waals surface area contributed by atoms with Crippen molar-refractivity contribution in [3.8, 4) is 0 Å². The lowest BCUT2D eigenvalue weighted by molar-refractivity contribution is 0.289. The van der Waals surface area contributed by atoms with Crippen LogP contribution in [0.4, 0.5) is 5.82 Å². The van der Waals surface area contributed by atoms with E-state index in [1.807, 2.05) is 17.3 Å². The Morgan fingerprint density at radius 1 is 1.35 bits per heavy atom. The first-order valence-electron chi connectivity index (χ1n) is 6.85. The Labute approximate surface area is 128 Å². The monoisotopic (exact) mass is 330 g/mol. The summed E-state index contributed by atoms with van der Waals surface area (Å²) in [6.07, 6.45) is 3.71. The number of hydroxylamine groups is 1. The summed E-state index contributed by atoms with van der Waals surface area (Å²) in [5.41, 5.74) is 2.54. The fourth-order valence-electron chi connectivity index (χ4n) is 2.51. The van der Waals surface area contributed by atoms with Crippen LogP contribution >= 0.6 is 15.9 Å². The van der Waals surface area contributed by atoms with Crippen molar-refractivity contribution in [3.05, 3.63) is 58.2 Å². The normalized spacial score (nSPS) is 13.4. The minimum Gasteiger partial charge on any atom is -0.336 e. The minimum atomic E-state index is 0.133. The average Bonchev–Trinajstić information content (AvgIpc) is 2.82. The summed E-state index contributed by atoms with van der Waals surface area (Å²) in [4.78, 5) is 4.45. The first kappa shape index (κ1) is 13.6. The van der Waals surface area contributed by atoms with E-state index in [2.05, 4.69) is 58.1 Å². The number of hydrogen-bond acceptors (Lipinski definition) is 3. The molecular formula is C15H16BBrN2O. The molecule has 20 heavy (non-hydrogen) atoms. The van der Waals surface area contributed by atoms with Gasteiger partial charge >= 0.3 is 6.92 Å². The average molecular weight is 331 g/mol. The molecule has 2 heterocycles. The van der Waals surface area contributed by atoms with E-state index in [9.17, 15) is 0 Å². The second kappa shape index (κ2) is 5.98. The van der Waals surface area contributed by atoms with Gasteiger partial charge in [-0.3, -0.25) is 5.06 Å². The first-order valence-corrected chi connectivity index (χ1v) is 7.64. The molecule has 0 aliphatic carbocycles. The number of anilines is 1. The number of nitrogens with zero attached hydrogens (tertiary/aromatic N) is 2. The highest BCUT2D eigenvalue weighted by Crippen LogP contribution is 2.28. The second-order valence-corrected chi connectivity index (χ2v) is 6.01. The predicted octanol–water partition coefficient (Wildman–Crippen LogP) is 3.54. The maximum absolute atomic E-state index is 6.04. The molecule has 0 N–H and O–H groups in total. The van der Waals surface area contributed by atoms with Crippen LogP contribution in [0.2, 0.25) is 6.82 Å². The van der Waals surface area contributed by atoms with Crippen molar-refractivity contribution in [2.45, 2.75) is 19.6 Å². The van der Waals surface area contributed by atoms with Gasteiger partial charge in [-0.15, -0.1) is 0 Å². The van der Waals surface area contributed by atoms with Crippen LogP contribution in [0.5, 0.6) is 0 Å². The largest absolute Gasteiger partial charge is 0.336 e. The predicted molar refractivity (Wildman–Crippen MR) is 85.8 cm³/mol. The van der Waals surface area contributed by atoms with Gasteiger partial charge in [0.25, 0.3) is 0 Å². The molecule has 0 atom stereocenters. The zero-order valence-corrected chi connectivity index (χ0v) is 13.0. The van der Waals surface area contributed by atoms with Gasteiger partial charge in [0.05, 0.1) is 0 Å². The minimum absolute atomic E-state index is 0.133. The molecule has 0 saturated heterocycles. The molecule has 0 amide bonds. The lowest BCUT2D eigenvalue weighted by Crippen LogP contribution is -2.31. The molecule has 1 aromatic heterocycles. The fraction of sp³-hybridized carbons (Fsp3) is 0.267. The molecule has 0 saturated carbocycles. The molecule has 5 heteroatoms. The van der Waals surface area contributed by atoms with Gasteiger partial charge in [-0.25, -0.2) is 4.98 Å². The summed E-state index contributed by atoms with van der Waals surface area (Å²) in [5.74, 6) is 0.952. The molecule has 3 rings (SSSR count). The second-order valence-electron chi connectivity index (χ2n) is 5.09. The molecule has 0 spiro atoms. The number of hydrogen-bond donors (Lipinski definition) is 0. The van der Waals surface area contributed by atoms with Crippen molar-refractivity contribution in [1.29, 1.82) is 0 Å². The quantitative estimate of drug-likeness (QED) is 0.802. The van der Waals surface area contributed by atoms with Crippen LogP contribution in [0.1, 0.15) is 11.1 Å². The van der Waals surface area contributed by atoms with Crippen LogP contribution in [0.3, 0.4) is 0 Å². The molecule has 102 valence electrons. The summed E-state index contributed by atoms with van der Waals surface area (Å²) in [6, 6.07) is 12.5. The lowest BCUT2D eigenvalue weighted by atomic mass is 9.66. The molecule has 1 aliphatic rings. The van der Waals surface area contributed by atoms with Gasteiger partial charge in [0, 0.05) is 17.2 Å². The highest BCUT2D eigenvalue weighted by Gasteiger charge is 2.24. The molecule has 1 aromatic carbocycles. The van der Waals surface area contributed by atoms with Crippen molar-refractivity contribution in [2.75, 3.05) is 11.6 Å². The van der Waals surface area contributed by atoms with E-state index in [4.69, 9.17) is 4.76 Å². The first-order chi connectivity index (χ1) is 9.72. The number of benzene rings is 1. The van der Waals surface area contributed by atoms with Crippen molar-refractivity contribution in [2.24, 2.45) is 0 Å². The molecule has 1 aliphatic heterocycles. The molecular weight excluding hydrogens is 315 g/mol. The van der Waals surface area contributed by atoms with E-state index in [-0.39, 0.29) is 6.92 Å².